The fourth-order valence-electron chi connectivity index (χ4n) is 4.38. The number of ether oxygens (including phenoxy) is 2. The molecule has 0 saturated carbocycles. The third-order valence-corrected chi connectivity index (χ3v) is 8.35. The van der Waals surface area contributed by atoms with Gasteiger partial charge in [0, 0.05) is 6.61 Å². The Labute approximate surface area is 323 Å². The van der Waals surface area contributed by atoms with Gasteiger partial charge in [0.05, 0.1) is 40.8 Å². The predicted molar refractivity (Wildman–Crippen MR) is 224 cm³/mol. The molecular weight excluding hydrogens is 685 g/mol. The molecule has 0 aromatic carbocycles. The van der Waals surface area contributed by atoms with Gasteiger partial charge >= 0.3 is 13.8 Å². The monoisotopic (exact) mass is 759 g/mol. The van der Waals surface area contributed by atoms with E-state index in [2.05, 4.69) is 111 Å². The van der Waals surface area contributed by atoms with Crippen LogP contribution in [0.25, 0.3) is 0 Å². The molecule has 0 aliphatic rings. The minimum atomic E-state index is -4.31. The summed E-state index contributed by atoms with van der Waals surface area (Å²) in [6.45, 7) is 5.12. The van der Waals surface area contributed by atoms with Gasteiger partial charge in [-0.05, 0) is 77.0 Å². The van der Waals surface area contributed by atoms with Crippen LogP contribution in [0.1, 0.15) is 104 Å². The normalized spacial score (nSPS) is 15.1. The summed E-state index contributed by atoms with van der Waals surface area (Å²) >= 11 is 0. The van der Waals surface area contributed by atoms with E-state index in [0.717, 1.165) is 77.0 Å². The second-order valence-electron chi connectivity index (χ2n) is 13.6. The van der Waals surface area contributed by atoms with Gasteiger partial charge in [-0.2, -0.15) is 0 Å². The Bertz CT molecular complexity index is 1200. The fourth-order valence-corrected chi connectivity index (χ4v) is 5.12. The SMILES string of the molecule is CC/C=C\C/C=C\C/C=C\C/C=C\C/C=C\CC(=O)OC(COCCCCC/C=C\C/C=C\C/C=C\C/C=C\CC)COP(=O)(O)OCC[N+](C)(C)C. The van der Waals surface area contributed by atoms with Crippen LogP contribution in [-0.4, -0.2) is 75.6 Å². The molecule has 0 rings (SSSR count). The highest BCUT2D eigenvalue weighted by atomic mass is 31.2. The van der Waals surface area contributed by atoms with Crippen molar-refractivity contribution in [3.63, 3.8) is 0 Å². The maximum atomic E-state index is 12.6. The molecule has 0 fully saturated rings. The van der Waals surface area contributed by atoms with Crippen LogP contribution in [0.5, 0.6) is 0 Å². The number of esters is 1. The molecule has 2 atom stereocenters. The van der Waals surface area contributed by atoms with E-state index in [4.69, 9.17) is 18.5 Å². The number of likely N-dealkylation sites (N-methyl/N-ethyl adjacent to an activating group) is 1. The number of rotatable bonds is 34. The van der Waals surface area contributed by atoms with E-state index in [-0.39, 0.29) is 26.2 Å². The van der Waals surface area contributed by atoms with E-state index in [1.54, 1.807) is 6.08 Å². The van der Waals surface area contributed by atoms with Crippen LogP contribution >= 0.6 is 7.82 Å². The number of unbranched alkanes of at least 4 members (excludes halogenated alkanes) is 3. The number of carbonyl (C=O) groups is 1. The van der Waals surface area contributed by atoms with E-state index in [1.807, 2.05) is 27.2 Å². The molecule has 0 saturated heterocycles. The van der Waals surface area contributed by atoms with Gasteiger partial charge < -0.3 is 18.9 Å². The summed E-state index contributed by atoms with van der Waals surface area (Å²) in [7, 11) is 1.57. The second kappa shape index (κ2) is 36.2. The number of phosphoric acid groups is 1. The first-order chi connectivity index (χ1) is 25.6. The molecule has 0 amide bonds. The molecule has 9 heteroatoms. The molecule has 0 radical (unpaired) electrons. The summed E-state index contributed by atoms with van der Waals surface area (Å²) in [6, 6.07) is 0. The molecule has 0 heterocycles. The molecule has 0 aromatic heterocycles. The molecule has 8 nitrogen and oxygen atoms in total. The van der Waals surface area contributed by atoms with E-state index >= 15 is 0 Å². The molecular formula is C44H73NO7P+. The maximum absolute atomic E-state index is 12.6. The Morgan fingerprint density at radius 3 is 1.51 bits per heavy atom. The highest BCUT2D eigenvalue weighted by molar-refractivity contribution is 7.47. The van der Waals surface area contributed by atoms with Gasteiger partial charge in [-0.3, -0.25) is 13.8 Å². The lowest BCUT2D eigenvalue weighted by Gasteiger charge is -2.24. The zero-order valence-electron chi connectivity index (χ0n) is 33.7. The maximum Gasteiger partial charge on any atom is 0.472 e. The molecule has 0 aliphatic heterocycles. The molecule has 0 bridgehead atoms. The van der Waals surface area contributed by atoms with E-state index in [0.29, 0.717) is 24.1 Å². The van der Waals surface area contributed by atoms with Crippen molar-refractivity contribution in [1.82, 2.24) is 0 Å². The van der Waals surface area contributed by atoms with Gasteiger partial charge in [-0.1, -0.05) is 130 Å². The largest absolute Gasteiger partial charge is 0.472 e. The van der Waals surface area contributed by atoms with Crippen molar-refractivity contribution in [2.75, 3.05) is 54.1 Å². The smallest absolute Gasteiger partial charge is 0.457 e. The number of hydrogen-bond acceptors (Lipinski definition) is 6. The summed E-state index contributed by atoms with van der Waals surface area (Å²) in [4.78, 5) is 22.7. The van der Waals surface area contributed by atoms with Crippen molar-refractivity contribution in [3.05, 3.63) is 109 Å². The highest BCUT2D eigenvalue weighted by Gasteiger charge is 2.26. The minimum Gasteiger partial charge on any atom is -0.457 e. The van der Waals surface area contributed by atoms with Gasteiger partial charge in [-0.25, -0.2) is 4.57 Å². The van der Waals surface area contributed by atoms with Crippen molar-refractivity contribution in [2.45, 2.75) is 110 Å². The van der Waals surface area contributed by atoms with Crippen LogP contribution in [0.3, 0.4) is 0 Å². The van der Waals surface area contributed by atoms with Gasteiger partial charge in [-0.15, -0.1) is 0 Å². The Balaban J connectivity index is 4.53. The first kappa shape index (κ1) is 50.2. The lowest BCUT2D eigenvalue weighted by Crippen LogP contribution is -2.37. The van der Waals surface area contributed by atoms with Gasteiger partial charge in [0.1, 0.15) is 19.3 Å². The molecule has 0 aromatic rings. The second-order valence-corrected chi connectivity index (χ2v) is 15.0. The molecule has 1 N–H and O–H groups in total. The molecule has 53 heavy (non-hydrogen) atoms. The third kappa shape index (κ3) is 40.2. The van der Waals surface area contributed by atoms with E-state index in [1.165, 1.54) is 0 Å². The number of allylic oxidation sites excluding steroid dienone is 17. The summed E-state index contributed by atoms with van der Waals surface area (Å²) in [6.07, 6.45) is 50.1. The van der Waals surface area contributed by atoms with Crippen molar-refractivity contribution in [2.24, 2.45) is 0 Å². The predicted octanol–water partition coefficient (Wildman–Crippen LogP) is 11.3. The van der Waals surface area contributed by atoms with Crippen LogP contribution in [0.2, 0.25) is 0 Å². The minimum absolute atomic E-state index is 0.0587. The molecule has 300 valence electrons. The number of hydrogen-bond donors (Lipinski definition) is 1. The molecule has 2 unspecified atom stereocenters. The van der Waals surface area contributed by atoms with Crippen LogP contribution in [0, 0.1) is 0 Å². The number of nitrogens with zero attached hydrogens (tertiary/aromatic N) is 1. The first-order valence-electron chi connectivity index (χ1n) is 19.6. The zero-order chi connectivity index (χ0) is 39.1. The van der Waals surface area contributed by atoms with E-state index in [9.17, 15) is 14.3 Å². The van der Waals surface area contributed by atoms with Crippen molar-refractivity contribution >= 4 is 13.8 Å². The third-order valence-electron chi connectivity index (χ3n) is 7.36. The average molecular weight is 759 g/mol. The first-order valence-corrected chi connectivity index (χ1v) is 21.1. The zero-order valence-corrected chi connectivity index (χ0v) is 34.6. The Kier molecular flexibility index (Phi) is 34.2. The summed E-state index contributed by atoms with van der Waals surface area (Å²) in [5, 5.41) is 0. The van der Waals surface area contributed by atoms with Gasteiger partial charge in [0.25, 0.3) is 0 Å². The lowest BCUT2D eigenvalue weighted by molar-refractivity contribution is -0.870. The summed E-state index contributed by atoms with van der Waals surface area (Å²) in [5.41, 5.74) is 0. The Morgan fingerprint density at radius 2 is 1.04 bits per heavy atom. The topological polar surface area (TPSA) is 91.3 Å². The molecule has 0 spiro atoms. The van der Waals surface area contributed by atoms with Crippen LogP contribution in [0.4, 0.5) is 0 Å². The molecule has 0 aliphatic carbocycles. The van der Waals surface area contributed by atoms with Gasteiger partial charge in [0.2, 0.25) is 0 Å². The van der Waals surface area contributed by atoms with Crippen molar-refractivity contribution < 1.29 is 37.3 Å². The fraction of sp³-hybridized carbons (Fsp3) is 0.568. The van der Waals surface area contributed by atoms with E-state index < -0.39 is 19.9 Å². The van der Waals surface area contributed by atoms with Crippen molar-refractivity contribution in [1.29, 1.82) is 0 Å². The van der Waals surface area contributed by atoms with Crippen molar-refractivity contribution in [3.8, 4) is 0 Å². The quantitative estimate of drug-likeness (QED) is 0.0230. The number of phosphoric ester groups is 1. The van der Waals surface area contributed by atoms with Crippen LogP contribution in [0.15, 0.2) is 109 Å². The summed E-state index contributed by atoms with van der Waals surface area (Å²) < 4.78 is 34.7. The Morgan fingerprint density at radius 1 is 0.585 bits per heavy atom. The highest BCUT2D eigenvalue weighted by Crippen LogP contribution is 2.43. The van der Waals surface area contributed by atoms with Crippen LogP contribution in [-0.2, 0) is 27.9 Å². The average Bonchev–Trinajstić information content (AvgIpc) is 3.11. The standard InChI is InChI=1S/C44H72NO7P/c1-6-8-10-12-14-16-18-20-22-24-26-28-30-32-34-36-39-49-41-43(42-51-53(47,48)50-40-38-45(3,4)5)52-44(46)37-35-33-31-29-27-25-23-21-19-17-15-13-11-9-7-2/h8-11,14-17,20-23,26-29,33,35,43H,6-7,12-13,18-19,24-25,30-32,34,36-42H2,1-5H3/p+1/b10-8-,11-9-,16-14-,17-15-,22-20-,23-21-,28-26-,29-27-,35-33-. The number of carbonyl (C=O) groups excluding carboxylic acids is 1. The Hall–Kier alpha value is -2.84. The van der Waals surface area contributed by atoms with Crippen LogP contribution < -0.4 is 0 Å². The lowest BCUT2D eigenvalue weighted by atomic mass is 10.2. The number of quaternary nitrogens is 1. The summed E-state index contributed by atoms with van der Waals surface area (Å²) in [5.74, 6) is -0.458. The van der Waals surface area contributed by atoms with Gasteiger partial charge in [0.15, 0.2) is 0 Å².